The molecule has 0 heterocycles. The molecule has 1 N–H and O–H groups in total. The summed E-state index contributed by atoms with van der Waals surface area (Å²) in [5.41, 5.74) is 0.268. The number of nitrogens with zero attached hydrogens (tertiary/aromatic N) is 1. The van der Waals surface area contributed by atoms with E-state index in [0.29, 0.717) is 6.04 Å². The van der Waals surface area contributed by atoms with E-state index >= 15 is 0 Å². The third-order valence-corrected chi connectivity index (χ3v) is 2.37. The lowest BCUT2D eigenvalue weighted by molar-refractivity contribution is -0.0650. The topological polar surface area (TPSA) is 41.6 Å². The monoisotopic (exact) mass is 172 g/mol. The molecule has 70 valence electrons. The molecule has 0 radical (unpaired) electrons. The highest BCUT2D eigenvalue weighted by Gasteiger charge is 2.46. The smallest absolute Gasteiger partial charge is 0.333 e. The van der Waals surface area contributed by atoms with Crippen molar-refractivity contribution in [1.82, 2.24) is 10.4 Å². The van der Waals surface area contributed by atoms with Crippen LogP contribution >= 0.6 is 0 Å². The van der Waals surface area contributed by atoms with Crippen LogP contribution < -0.4 is 5.32 Å². The zero-order valence-corrected chi connectivity index (χ0v) is 8.05. The van der Waals surface area contributed by atoms with Gasteiger partial charge in [-0.25, -0.2) is 9.86 Å². The number of urea groups is 1. The molecule has 1 aliphatic rings. The average molecular weight is 172 g/mol. The molecule has 0 aliphatic heterocycles. The van der Waals surface area contributed by atoms with Crippen molar-refractivity contribution in [1.29, 1.82) is 0 Å². The van der Waals surface area contributed by atoms with Crippen LogP contribution in [0.25, 0.3) is 0 Å². The molecule has 0 aromatic carbocycles. The fraction of sp³-hybridized carbons (Fsp3) is 0.875. The van der Waals surface area contributed by atoms with Crippen LogP contribution in [0.2, 0.25) is 0 Å². The van der Waals surface area contributed by atoms with Gasteiger partial charge in [-0.05, 0) is 11.8 Å². The maximum absolute atomic E-state index is 11.2. The number of hydroxylamine groups is 2. The Kier molecular flexibility index (Phi) is 2.28. The highest BCUT2D eigenvalue weighted by molar-refractivity contribution is 5.73. The fourth-order valence-electron chi connectivity index (χ4n) is 1.04. The van der Waals surface area contributed by atoms with Crippen molar-refractivity contribution in [2.45, 2.75) is 26.3 Å². The summed E-state index contributed by atoms with van der Waals surface area (Å²) in [6.45, 7) is 4.26. The van der Waals surface area contributed by atoms with E-state index in [1.807, 2.05) is 0 Å². The van der Waals surface area contributed by atoms with E-state index in [1.165, 1.54) is 12.2 Å². The summed E-state index contributed by atoms with van der Waals surface area (Å²) >= 11 is 0. The van der Waals surface area contributed by atoms with Crippen molar-refractivity contribution in [2.24, 2.45) is 5.41 Å². The van der Waals surface area contributed by atoms with E-state index in [-0.39, 0.29) is 11.4 Å². The Hall–Kier alpha value is -0.770. The number of rotatable bonds is 2. The minimum atomic E-state index is -0.173. The van der Waals surface area contributed by atoms with Gasteiger partial charge >= 0.3 is 6.03 Å². The normalized spacial score (nSPS) is 24.8. The second-order valence-corrected chi connectivity index (χ2v) is 3.87. The van der Waals surface area contributed by atoms with E-state index in [4.69, 9.17) is 4.84 Å². The molecular weight excluding hydrogens is 156 g/mol. The summed E-state index contributed by atoms with van der Waals surface area (Å²) in [6, 6.07) is 0.135. The van der Waals surface area contributed by atoms with Gasteiger partial charge in [0.25, 0.3) is 0 Å². The van der Waals surface area contributed by atoms with Crippen LogP contribution in [0.4, 0.5) is 4.79 Å². The van der Waals surface area contributed by atoms with E-state index in [1.54, 1.807) is 7.05 Å². The van der Waals surface area contributed by atoms with Gasteiger partial charge in [0.2, 0.25) is 0 Å². The van der Waals surface area contributed by atoms with Crippen LogP contribution in [0, 0.1) is 5.41 Å². The maximum atomic E-state index is 11.2. The highest BCUT2D eigenvalue weighted by atomic mass is 16.7. The highest BCUT2D eigenvalue weighted by Crippen LogP contribution is 2.44. The number of hydrogen-bond acceptors (Lipinski definition) is 2. The molecule has 1 rings (SSSR count). The second kappa shape index (κ2) is 2.94. The average Bonchev–Trinajstić information content (AvgIpc) is 2.57. The molecule has 1 unspecified atom stereocenters. The minimum absolute atomic E-state index is 0.173. The Labute approximate surface area is 72.8 Å². The van der Waals surface area contributed by atoms with Crippen molar-refractivity contribution >= 4 is 6.03 Å². The molecule has 0 spiro atoms. The van der Waals surface area contributed by atoms with Crippen molar-refractivity contribution < 1.29 is 9.63 Å². The Morgan fingerprint density at radius 1 is 1.67 bits per heavy atom. The first kappa shape index (κ1) is 9.32. The minimum Gasteiger partial charge on any atom is -0.333 e. The second-order valence-electron chi connectivity index (χ2n) is 3.87. The zero-order chi connectivity index (χ0) is 9.35. The third kappa shape index (κ3) is 1.88. The summed E-state index contributed by atoms with van der Waals surface area (Å²) in [7, 11) is 3.06. The van der Waals surface area contributed by atoms with E-state index in [2.05, 4.69) is 19.2 Å². The van der Waals surface area contributed by atoms with Crippen molar-refractivity contribution in [3.05, 3.63) is 0 Å². The predicted octanol–water partition coefficient (Wildman–Crippen LogP) is 0.988. The van der Waals surface area contributed by atoms with Crippen LogP contribution in [0.1, 0.15) is 20.3 Å². The van der Waals surface area contributed by atoms with Gasteiger partial charge in [-0.1, -0.05) is 13.8 Å². The van der Waals surface area contributed by atoms with Gasteiger partial charge in [-0.3, -0.25) is 4.84 Å². The molecule has 0 bridgehead atoms. The molecular formula is C8H16N2O2. The van der Waals surface area contributed by atoms with Gasteiger partial charge < -0.3 is 5.32 Å². The predicted molar refractivity (Wildman–Crippen MR) is 45.5 cm³/mol. The SMILES string of the molecule is CON(C)C(=O)NC1CC1(C)C. The van der Waals surface area contributed by atoms with Gasteiger partial charge in [0, 0.05) is 13.1 Å². The van der Waals surface area contributed by atoms with E-state index in [0.717, 1.165) is 6.42 Å². The van der Waals surface area contributed by atoms with Crippen LogP contribution in [-0.4, -0.2) is 31.3 Å². The molecule has 1 saturated carbocycles. The first-order chi connectivity index (χ1) is 5.47. The fourth-order valence-corrected chi connectivity index (χ4v) is 1.04. The van der Waals surface area contributed by atoms with Crippen LogP contribution in [0.5, 0.6) is 0 Å². The van der Waals surface area contributed by atoms with Crippen molar-refractivity contribution in [3.63, 3.8) is 0 Å². The number of carbonyl (C=O) groups excluding carboxylic acids is 1. The van der Waals surface area contributed by atoms with Crippen molar-refractivity contribution in [2.75, 3.05) is 14.2 Å². The van der Waals surface area contributed by atoms with Gasteiger partial charge in [0.05, 0.1) is 7.11 Å². The lowest BCUT2D eigenvalue weighted by Crippen LogP contribution is -2.38. The quantitative estimate of drug-likeness (QED) is 0.631. The number of hydrogen-bond donors (Lipinski definition) is 1. The standard InChI is InChI=1S/C8H16N2O2/c1-8(2)5-6(8)9-7(11)10(3)12-4/h6H,5H2,1-4H3,(H,9,11). The summed E-state index contributed by atoms with van der Waals surface area (Å²) in [5.74, 6) is 0. The molecule has 4 nitrogen and oxygen atoms in total. The molecule has 0 saturated heterocycles. The Bertz CT molecular complexity index is 191. The van der Waals surface area contributed by atoms with Crippen LogP contribution in [0.3, 0.4) is 0 Å². The Morgan fingerprint density at radius 2 is 2.17 bits per heavy atom. The van der Waals surface area contributed by atoms with Crippen molar-refractivity contribution in [3.8, 4) is 0 Å². The van der Waals surface area contributed by atoms with Crippen LogP contribution in [-0.2, 0) is 4.84 Å². The molecule has 0 aromatic heterocycles. The lowest BCUT2D eigenvalue weighted by atomic mass is 10.2. The maximum Gasteiger partial charge on any atom is 0.341 e. The number of amides is 2. The summed E-state index contributed by atoms with van der Waals surface area (Å²) in [4.78, 5) is 15.9. The first-order valence-electron chi connectivity index (χ1n) is 4.05. The third-order valence-electron chi connectivity index (χ3n) is 2.37. The van der Waals surface area contributed by atoms with Gasteiger partial charge in [0.15, 0.2) is 0 Å². The number of carbonyl (C=O) groups is 1. The Balaban J connectivity index is 2.29. The summed E-state index contributed by atoms with van der Waals surface area (Å²) in [6.07, 6.45) is 1.05. The van der Waals surface area contributed by atoms with E-state index < -0.39 is 0 Å². The summed E-state index contributed by atoms with van der Waals surface area (Å²) in [5, 5.41) is 4.05. The van der Waals surface area contributed by atoms with Gasteiger partial charge in [-0.2, -0.15) is 0 Å². The number of nitrogens with one attached hydrogen (secondary N) is 1. The zero-order valence-electron chi connectivity index (χ0n) is 8.05. The van der Waals surface area contributed by atoms with Gasteiger partial charge in [0.1, 0.15) is 0 Å². The molecule has 2 amide bonds. The largest absolute Gasteiger partial charge is 0.341 e. The molecule has 4 heteroatoms. The Morgan fingerprint density at radius 3 is 2.50 bits per heavy atom. The van der Waals surface area contributed by atoms with Crippen LogP contribution in [0.15, 0.2) is 0 Å². The first-order valence-corrected chi connectivity index (χ1v) is 4.05. The molecule has 1 atom stereocenters. The lowest BCUT2D eigenvalue weighted by Gasteiger charge is -2.15. The molecule has 12 heavy (non-hydrogen) atoms. The summed E-state index contributed by atoms with van der Waals surface area (Å²) < 4.78 is 0. The molecule has 1 fully saturated rings. The van der Waals surface area contributed by atoms with E-state index in [9.17, 15) is 4.79 Å². The molecule has 1 aliphatic carbocycles. The molecule has 0 aromatic rings. The van der Waals surface area contributed by atoms with Gasteiger partial charge in [-0.15, -0.1) is 0 Å².